The van der Waals surface area contributed by atoms with Crippen molar-refractivity contribution in [2.75, 3.05) is 13.1 Å². The molecule has 3 rings (SSSR count). The van der Waals surface area contributed by atoms with Gasteiger partial charge in [-0.1, -0.05) is 0 Å². The van der Waals surface area contributed by atoms with Gasteiger partial charge in [0.15, 0.2) is 0 Å². The Bertz CT molecular complexity index is 272. The number of nitrogens with two attached hydrogens (primary N) is 1. The van der Waals surface area contributed by atoms with Gasteiger partial charge in [-0.3, -0.25) is 4.79 Å². The maximum Gasteiger partial charge on any atom is 0.239 e. The third-order valence-corrected chi connectivity index (χ3v) is 4.46. The summed E-state index contributed by atoms with van der Waals surface area (Å²) < 4.78 is 0. The molecule has 0 aromatic carbocycles. The van der Waals surface area contributed by atoms with Crippen molar-refractivity contribution in [3.63, 3.8) is 0 Å². The average molecular weight is 222 g/mol. The van der Waals surface area contributed by atoms with Crippen LogP contribution in [-0.2, 0) is 4.79 Å². The summed E-state index contributed by atoms with van der Waals surface area (Å²) in [6.07, 6.45) is 7.57. The standard InChI is InChI=1S/C13H22N2O/c14-12-2-1-7-15(13(12)16)8-11(9-3-4-9)10-5-6-10/h9-12H,1-8,14H2. The zero-order valence-corrected chi connectivity index (χ0v) is 9.90. The fourth-order valence-electron chi connectivity index (χ4n) is 3.14. The summed E-state index contributed by atoms with van der Waals surface area (Å²) in [5, 5.41) is 0. The van der Waals surface area contributed by atoms with Crippen LogP contribution in [0.25, 0.3) is 0 Å². The monoisotopic (exact) mass is 222 g/mol. The van der Waals surface area contributed by atoms with E-state index in [1.165, 1.54) is 25.7 Å². The van der Waals surface area contributed by atoms with Crippen molar-refractivity contribution in [1.82, 2.24) is 4.90 Å². The van der Waals surface area contributed by atoms with Gasteiger partial charge in [0.2, 0.25) is 5.91 Å². The first-order chi connectivity index (χ1) is 7.75. The lowest BCUT2D eigenvalue weighted by atomic mass is 9.95. The van der Waals surface area contributed by atoms with Crippen LogP contribution in [0.3, 0.4) is 0 Å². The van der Waals surface area contributed by atoms with Crippen LogP contribution in [0.4, 0.5) is 0 Å². The lowest BCUT2D eigenvalue weighted by Crippen LogP contribution is -2.50. The zero-order chi connectivity index (χ0) is 11.1. The first kappa shape index (κ1) is 10.6. The second-order valence-corrected chi connectivity index (χ2v) is 5.87. The van der Waals surface area contributed by atoms with E-state index in [0.717, 1.165) is 43.7 Å². The molecule has 0 spiro atoms. The van der Waals surface area contributed by atoms with Crippen molar-refractivity contribution in [3.05, 3.63) is 0 Å². The Kier molecular flexibility index (Phi) is 2.66. The van der Waals surface area contributed by atoms with Gasteiger partial charge in [-0.05, 0) is 56.3 Å². The van der Waals surface area contributed by atoms with Gasteiger partial charge in [-0.25, -0.2) is 0 Å². The molecule has 2 saturated carbocycles. The van der Waals surface area contributed by atoms with E-state index in [4.69, 9.17) is 5.73 Å². The minimum atomic E-state index is -0.215. The second kappa shape index (κ2) is 4.02. The van der Waals surface area contributed by atoms with Gasteiger partial charge in [-0.2, -0.15) is 0 Å². The van der Waals surface area contributed by atoms with Crippen LogP contribution in [0.15, 0.2) is 0 Å². The van der Waals surface area contributed by atoms with Crippen molar-refractivity contribution in [2.24, 2.45) is 23.5 Å². The predicted octanol–water partition coefficient (Wildman–Crippen LogP) is 1.37. The van der Waals surface area contributed by atoms with Crippen molar-refractivity contribution >= 4 is 5.91 Å². The van der Waals surface area contributed by atoms with Crippen LogP contribution in [-0.4, -0.2) is 29.9 Å². The van der Waals surface area contributed by atoms with Crippen LogP contribution in [0.5, 0.6) is 0 Å². The first-order valence-electron chi connectivity index (χ1n) is 6.80. The minimum absolute atomic E-state index is 0.206. The van der Waals surface area contributed by atoms with Crippen LogP contribution in [0, 0.1) is 17.8 Å². The van der Waals surface area contributed by atoms with Gasteiger partial charge in [-0.15, -0.1) is 0 Å². The predicted molar refractivity (Wildman–Crippen MR) is 62.7 cm³/mol. The smallest absolute Gasteiger partial charge is 0.239 e. The van der Waals surface area contributed by atoms with Crippen molar-refractivity contribution in [3.8, 4) is 0 Å². The highest BCUT2D eigenvalue weighted by Crippen LogP contribution is 2.49. The Morgan fingerprint density at radius 2 is 1.81 bits per heavy atom. The molecule has 2 aliphatic carbocycles. The number of nitrogens with zero attached hydrogens (tertiary/aromatic N) is 1. The molecule has 1 atom stereocenters. The summed E-state index contributed by atoms with van der Waals surface area (Å²) in [6.45, 7) is 1.95. The summed E-state index contributed by atoms with van der Waals surface area (Å²) in [6, 6.07) is -0.215. The zero-order valence-electron chi connectivity index (χ0n) is 9.90. The van der Waals surface area contributed by atoms with E-state index in [9.17, 15) is 4.79 Å². The van der Waals surface area contributed by atoms with Gasteiger partial charge in [0.25, 0.3) is 0 Å². The van der Waals surface area contributed by atoms with Gasteiger partial charge in [0, 0.05) is 13.1 Å². The molecule has 0 aromatic rings. The molecule has 1 saturated heterocycles. The normalized spacial score (nSPS) is 31.2. The topological polar surface area (TPSA) is 46.3 Å². The molecule has 0 aromatic heterocycles. The van der Waals surface area contributed by atoms with Gasteiger partial charge in [0.1, 0.15) is 0 Å². The molecule has 3 fully saturated rings. The highest BCUT2D eigenvalue weighted by Gasteiger charge is 2.43. The molecule has 1 heterocycles. The molecule has 1 aliphatic heterocycles. The molecular formula is C13H22N2O. The lowest BCUT2D eigenvalue weighted by Gasteiger charge is -2.33. The molecule has 1 unspecified atom stereocenters. The fraction of sp³-hybridized carbons (Fsp3) is 0.923. The Balaban J connectivity index is 1.61. The number of rotatable bonds is 4. The molecule has 1 amide bonds. The van der Waals surface area contributed by atoms with Crippen LogP contribution in [0.2, 0.25) is 0 Å². The third kappa shape index (κ3) is 2.10. The second-order valence-electron chi connectivity index (χ2n) is 5.87. The third-order valence-electron chi connectivity index (χ3n) is 4.46. The minimum Gasteiger partial charge on any atom is -0.341 e. The molecule has 16 heavy (non-hydrogen) atoms. The quantitative estimate of drug-likeness (QED) is 0.781. The van der Waals surface area contributed by atoms with Crippen molar-refractivity contribution in [1.29, 1.82) is 0 Å². The summed E-state index contributed by atoms with van der Waals surface area (Å²) >= 11 is 0. The highest BCUT2D eigenvalue weighted by atomic mass is 16.2. The summed E-state index contributed by atoms with van der Waals surface area (Å²) in [4.78, 5) is 14.0. The number of hydrogen-bond donors (Lipinski definition) is 1. The number of amides is 1. The number of likely N-dealkylation sites (tertiary alicyclic amines) is 1. The first-order valence-corrected chi connectivity index (χ1v) is 6.80. The fourth-order valence-corrected chi connectivity index (χ4v) is 3.14. The van der Waals surface area contributed by atoms with Crippen LogP contribution in [0.1, 0.15) is 38.5 Å². The number of carbonyl (C=O) groups is 1. The molecule has 3 aliphatic rings. The summed E-state index contributed by atoms with van der Waals surface area (Å²) in [7, 11) is 0. The van der Waals surface area contributed by atoms with E-state index in [1.54, 1.807) is 0 Å². The van der Waals surface area contributed by atoms with Crippen molar-refractivity contribution < 1.29 is 4.79 Å². The highest BCUT2D eigenvalue weighted by molar-refractivity contribution is 5.82. The van der Waals surface area contributed by atoms with E-state index in [1.807, 2.05) is 0 Å². The van der Waals surface area contributed by atoms with Gasteiger partial charge < -0.3 is 10.6 Å². The molecule has 0 bridgehead atoms. The van der Waals surface area contributed by atoms with E-state index in [-0.39, 0.29) is 11.9 Å². The van der Waals surface area contributed by atoms with Crippen LogP contribution >= 0.6 is 0 Å². The number of hydrogen-bond acceptors (Lipinski definition) is 2. The number of carbonyl (C=O) groups excluding carboxylic acids is 1. The maximum atomic E-state index is 11.9. The molecule has 90 valence electrons. The van der Waals surface area contributed by atoms with E-state index < -0.39 is 0 Å². The number of piperidine rings is 1. The molecule has 0 radical (unpaired) electrons. The van der Waals surface area contributed by atoms with E-state index in [0.29, 0.717) is 0 Å². The lowest BCUT2D eigenvalue weighted by molar-refractivity contribution is -0.135. The Morgan fingerprint density at radius 3 is 2.38 bits per heavy atom. The molecule has 2 N–H and O–H groups in total. The Hall–Kier alpha value is -0.570. The maximum absolute atomic E-state index is 11.9. The van der Waals surface area contributed by atoms with Crippen molar-refractivity contribution in [2.45, 2.75) is 44.6 Å². The molecule has 3 heteroatoms. The van der Waals surface area contributed by atoms with E-state index in [2.05, 4.69) is 4.90 Å². The largest absolute Gasteiger partial charge is 0.341 e. The molecular weight excluding hydrogens is 200 g/mol. The van der Waals surface area contributed by atoms with Gasteiger partial charge in [0.05, 0.1) is 6.04 Å². The Labute approximate surface area is 97.4 Å². The van der Waals surface area contributed by atoms with Gasteiger partial charge >= 0.3 is 0 Å². The summed E-state index contributed by atoms with van der Waals surface area (Å²) in [5.41, 5.74) is 5.84. The van der Waals surface area contributed by atoms with E-state index >= 15 is 0 Å². The Morgan fingerprint density at radius 1 is 1.19 bits per heavy atom. The molecule has 3 nitrogen and oxygen atoms in total. The SMILES string of the molecule is NC1CCCN(CC(C2CC2)C2CC2)C1=O. The van der Waals surface area contributed by atoms with Crippen LogP contribution < -0.4 is 5.73 Å². The average Bonchev–Trinajstić information content (AvgIpc) is 3.15. The summed E-state index contributed by atoms with van der Waals surface area (Å²) in [5.74, 6) is 2.86.